The van der Waals surface area contributed by atoms with Gasteiger partial charge in [-0.1, -0.05) is 42.1 Å². The molecule has 0 radical (unpaired) electrons. The first-order valence-electron chi connectivity index (χ1n) is 6.97. The van der Waals surface area contributed by atoms with Crippen LogP contribution >= 0.6 is 23.1 Å². The lowest BCUT2D eigenvalue weighted by Crippen LogP contribution is -2.27. The topological polar surface area (TPSA) is 47.2 Å². The molecular weight excluding hydrogens is 314 g/mol. The van der Waals surface area contributed by atoms with E-state index in [9.17, 15) is 4.79 Å². The Morgan fingerprint density at radius 2 is 2.00 bits per heavy atom. The van der Waals surface area contributed by atoms with E-state index in [1.165, 1.54) is 16.0 Å². The SMILES string of the molecule is CC1=Nn2c(nc3scc(-c4ccccc4)c3c2=O)S[C@@H]1C. The summed E-state index contributed by atoms with van der Waals surface area (Å²) in [5, 5.41) is 8.02. The van der Waals surface area contributed by atoms with E-state index in [2.05, 4.69) is 17.0 Å². The summed E-state index contributed by atoms with van der Waals surface area (Å²) in [6.45, 7) is 4.02. The predicted molar refractivity (Wildman–Crippen MR) is 93.1 cm³/mol. The molecule has 0 aliphatic carbocycles. The third kappa shape index (κ3) is 2.02. The molecule has 0 spiro atoms. The van der Waals surface area contributed by atoms with Crippen molar-refractivity contribution in [2.24, 2.45) is 5.10 Å². The van der Waals surface area contributed by atoms with Crippen LogP contribution in [0.3, 0.4) is 0 Å². The zero-order valence-electron chi connectivity index (χ0n) is 12.1. The molecule has 1 aliphatic heterocycles. The van der Waals surface area contributed by atoms with Gasteiger partial charge in [0, 0.05) is 21.9 Å². The van der Waals surface area contributed by atoms with Gasteiger partial charge in [-0.05, 0) is 19.4 Å². The first-order valence-corrected chi connectivity index (χ1v) is 8.73. The average Bonchev–Trinajstić information content (AvgIpc) is 2.95. The number of thioether (sulfide) groups is 1. The summed E-state index contributed by atoms with van der Waals surface area (Å²) in [4.78, 5) is 18.3. The molecule has 0 N–H and O–H groups in total. The molecule has 110 valence electrons. The lowest BCUT2D eigenvalue weighted by Gasteiger charge is -2.18. The van der Waals surface area contributed by atoms with Crippen molar-refractivity contribution in [3.63, 3.8) is 0 Å². The Labute approximate surface area is 135 Å². The zero-order valence-corrected chi connectivity index (χ0v) is 13.7. The number of hydrogen-bond donors (Lipinski definition) is 0. The normalized spacial score (nSPS) is 17.4. The Bertz CT molecular complexity index is 957. The minimum Gasteiger partial charge on any atom is -0.266 e. The van der Waals surface area contributed by atoms with Crippen molar-refractivity contribution in [1.29, 1.82) is 0 Å². The third-order valence-electron chi connectivity index (χ3n) is 3.77. The van der Waals surface area contributed by atoms with Crippen LogP contribution in [0.5, 0.6) is 0 Å². The fraction of sp³-hybridized carbons (Fsp3) is 0.188. The van der Waals surface area contributed by atoms with Crippen molar-refractivity contribution in [2.45, 2.75) is 24.3 Å². The summed E-state index contributed by atoms with van der Waals surface area (Å²) in [5.41, 5.74) is 2.83. The number of aromatic nitrogens is 2. The highest BCUT2D eigenvalue weighted by Gasteiger charge is 2.23. The van der Waals surface area contributed by atoms with Crippen LogP contribution in [0, 0.1) is 0 Å². The highest BCUT2D eigenvalue weighted by molar-refractivity contribution is 8.00. The molecule has 1 atom stereocenters. The zero-order chi connectivity index (χ0) is 15.3. The van der Waals surface area contributed by atoms with E-state index in [1.807, 2.05) is 42.6 Å². The first-order chi connectivity index (χ1) is 10.6. The fourth-order valence-electron chi connectivity index (χ4n) is 2.44. The number of nitrogens with zero attached hydrogens (tertiary/aromatic N) is 3. The summed E-state index contributed by atoms with van der Waals surface area (Å²) in [6.07, 6.45) is 0. The van der Waals surface area contributed by atoms with Crippen LogP contribution in [0.2, 0.25) is 0 Å². The largest absolute Gasteiger partial charge is 0.284 e. The molecule has 0 saturated carbocycles. The van der Waals surface area contributed by atoms with Crippen LogP contribution in [0.15, 0.2) is 50.8 Å². The Morgan fingerprint density at radius 3 is 2.77 bits per heavy atom. The van der Waals surface area contributed by atoms with E-state index in [4.69, 9.17) is 0 Å². The van der Waals surface area contributed by atoms with Crippen molar-refractivity contribution in [3.8, 4) is 11.1 Å². The Balaban J connectivity index is 2.03. The van der Waals surface area contributed by atoms with Crippen LogP contribution in [-0.2, 0) is 0 Å². The van der Waals surface area contributed by atoms with Gasteiger partial charge in [0.1, 0.15) is 4.83 Å². The van der Waals surface area contributed by atoms with Gasteiger partial charge in [-0.3, -0.25) is 4.79 Å². The number of fused-ring (bicyclic) bond motifs is 2. The number of hydrogen-bond acceptors (Lipinski definition) is 5. The fourth-order valence-corrected chi connectivity index (χ4v) is 4.34. The molecule has 0 bridgehead atoms. The van der Waals surface area contributed by atoms with E-state index in [0.29, 0.717) is 10.5 Å². The van der Waals surface area contributed by atoms with Gasteiger partial charge >= 0.3 is 0 Å². The van der Waals surface area contributed by atoms with Gasteiger partial charge in [-0.2, -0.15) is 9.78 Å². The molecular formula is C16H13N3OS2. The summed E-state index contributed by atoms with van der Waals surface area (Å²) < 4.78 is 1.45. The molecule has 6 heteroatoms. The molecule has 0 amide bonds. The van der Waals surface area contributed by atoms with E-state index >= 15 is 0 Å². The van der Waals surface area contributed by atoms with Gasteiger partial charge in [0.2, 0.25) is 0 Å². The average molecular weight is 327 g/mol. The number of benzene rings is 1. The number of thiophene rings is 1. The van der Waals surface area contributed by atoms with Crippen molar-refractivity contribution in [3.05, 3.63) is 46.1 Å². The maximum Gasteiger partial charge on any atom is 0.284 e. The summed E-state index contributed by atoms with van der Waals surface area (Å²) in [7, 11) is 0. The van der Waals surface area contributed by atoms with Crippen LogP contribution < -0.4 is 5.56 Å². The van der Waals surface area contributed by atoms with Crippen LogP contribution in [-0.4, -0.2) is 20.6 Å². The van der Waals surface area contributed by atoms with Gasteiger partial charge in [0.25, 0.3) is 5.56 Å². The second-order valence-electron chi connectivity index (χ2n) is 5.21. The summed E-state index contributed by atoms with van der Waals surface area (Å²) in [6, 6.07) is 9.94. The standard InChI is InChI=1S/C16H13N3OS2/c1-9-10(2)22-16-17-14-13(15(20)19(16)18-9)12(8-21-14)11-6-4-3-5-7-11/h3-8,10H,1-2H3/t10-/m1/s1. The quantitative estimate of drug-likeness (QED) is 0.638. The Hall–Kier alpha value is -1.92. The van der Waals surface area contributed by atoms with Gasteiger partial charge in [0.15, 0.2) is 5.16 Å². The molecule has 3 heterocycles. The highest BCUT2D eigenvalue weighted by Crippen LogP contribution is 2.33. The molecule has 1 aromatic carbocycles. The highest BCUT2D eigenvalue weighted by atomic mass is 32.2. The molecule has 0 fully saturated rings. The molecule has 1 aliphatic rings. The van der Waals surface area contributed by atoms with E-state index in [-0.39, 0.29) is 10.8 Å². The Morgan fingerprint density at radius 1 is 1.23 bits per heavy atom. The maximum absolute atomic E-state index is 12.9. The van der Waals surface area contributed by atoms with Gasteiger partial charge in [-0.15, -0.1) is 11.3 Å². The smallest absolute Gasteiger partial charge is 0.266 e. The minimum atomic E-state index is -0.0844. The Kier molecular flexibility index (Phi) is 3.16. The monoisotopic (exact) mass is 327 g/mol. The first kappa shape index (κ1) is 13.7. The van der Waals surface area contributed by atoms with Crippen molar-refractivity contribution in [2.75, 3.05) is 0 Å². The predicted octanol–water partition coefficient (Wildman–Crippen LogP) is 3.84. The molecule has 22 heavy (non-hydrogen) atoms. The van der Waals surface area contributed by atoms with Crippen LogP contribution in [0.25, 0.3) is 21.3 Å². The lowest BCUT2D eigenvalue weighted by atomic mass is 10.1. The third-order valence-corrected chi connectivity index (χ3v) is 5.81. The van der Waals surface area contributed by atoms with Crippen LogP contribution in [0.4, 0.5) is 0 Å². The second-order valence-corrected chi connectivity index (χ2v) is 7.37. The minimum absolute atomic E-state index is 0.0844. The van der Waals surface area contributed by atoms with Gasteiger partial charge < -0.3 is 0 Å². The van der Waals surface area contributed by atoms with Gasteiger partial charge in [-0.25, -0.2) is 4.98 Å². The number of rotatable bonds is 1. The van der Waals surface area contributed by atoms with Crippen molar-refractivity contribution in [1.82, 2.24) is 9.66 Å². The van der Waals surface area contributed by atoms with Crippen molar-refractivity contribution >= 4 is 39.0 Å². The molecule has 4 nitrogen and oxygen atoms in total. The summed E-state index contributed by atoms with van der Waals surface area (Å²) >= 11 is 3.09. The van der Waals surface area contributed by atoms with E-state index in [1.54, 1.807) is 11.8 Å². The molecule has 0 unspecified atom stereocenters. The van der Waals surface area contributed by atoms with Crippen molar-refractivity contribution < 1.29 is 0 Å². The van der Waals surface area contributed by atoms with E-state index < -0.39 is 0 Å². The van der Waals surface area contributed by atoms with Gasteiger partial charge in [0.05, 0.1) is 5.39 Å². The lowest BCUT2D eigenvalue weighted by molar-refractivity contribution is 0.693. The second kappa shape index (κ2) is 5.07. The molecule has 4 rings (SSSR count). The summed E-state index contributed by atoms with van der Waals surface area (Å²) in [5.74, 6) is 0. The maximum atomic E-state index is 12.9. The molecule has 0 saturated heterocycles. The molecule has 3 aromatic rings. The van der Waals surface area contributed by atoms with Crippen LogP contribution in [0.1, 0.15) is 13.8 Å². The molecule has 2 aromatic heterocycles. The van der Waals surface area contributed by atoms with E-state index in [0.717, 1.165) is 21.7 Å².